The lowest BCUT2D eigenvalue weighted by molar-refractivity contribution is 0.0597. The highest BCUT2D eigenvalue weighted by Gasteiger charge is 2.17. The fourth-order valence-corrected chi connectivity index (χ4v) is 1.39. The highest BCUT2D eigenvalue weighted by molar-refractivity contribution is 6.43. The minimum Gasteiger partial charge on any atom is -0.494 e. The van der Waals surface area contributed by atoms with E-state index in [0.29, 0.717) is 5.02 Å². The molecule has 0 unspecified atom stereocenters. The van der Waals surface area contributed by atoms with Crippen LogP contribution in [0, 0.1) is 0 Å². The van der Waals surface area contributed by atoms with Crippen LogP contribution in [0.15, 0.2) is 12.1 Å². The van der Waals surface area contributed by atoms with Crippen LogP contribution in [0.25, 0.3) is 0 Å². The molecule has 14 heavy (non-hydrogen) atoms. The average molecular weight is 235 g/mol. The zero-order valence-corrected chi connectivity index (χ0v) is 9.15. The normalized spacial score (nSPS) is 9.71. The van der Waals surface area contributed by atoms with E-state index < -0.39 is 5.97 Å². The van der Waals surface area contributed by atoms with Gasteiger partial charge in [-0.1, -0.05) is 23.2 Å². The van der Waals surface area contributed by atoms with Crippen LogP contribution >= 0.6 is 23.2 Å². The number of carbonyl (C=O) groups is 1. The highest BCUT2D eigenvalue weighted by atomic mass is 35.5. The molecule has 0 aliphatic carbocycles. The first kappa shape index (κ1) is 11.1. The third kappa shape index (κ3) is 1.94. The second kappa shape index (κ2) is 4.53. The van der Waals surface area contributed by atoms with Crippen LogP contribution in [0.4, 0.5) is 0 Å². The lowest BCUT2D eigenvalue weighted by Gasteiger charge is -2.09. The van der Waals surface area contributed by atoms with Gasteiger partial charge in [-0.25, -0.2) is 4.79 Å². The van der Waals surface area contributed by atoms with E-state index in [0.717, 1.165) is 0 Å². The summed E-state index contributed by atoms with van der Waals surface area (Å²) in [7, 11) is 2.69. The standard InChI is InChI=1S/C9H8Cl2O3/c1-13-8-5(9(12)14-2)3-4-6(10)7(8)11/h3-4H,1-2H3. The Morgan fingerprint density at radius 3 is 2.43 bits per heavy atom. The molecule has 0 atom stereocenters. The fourth-order valence-electron chi connectivity index (χ4n) is 1.00. The minimum absolute atomic E-state index is 0.206. The maximum Gasteiger partial charge on any atom is 0.341 e. The second-order valence-electron chi connectivity index (χ2n) is 2.43. The Kier molecular flexibility index (Phi) is 3.61. The molecule has 0 saturated carbocycles. The molecule has 0 aromatic heterocycles. The number of methoxy groups -OCH3 is 2. The van der Waals surface area contributed by atoms with Crippen LogP contribution in [0.3, 0.4) is 0 Å². The van der Waals surface area contributed by atoms with Crippen LogP contribution in [0.2, 0.25) is 10.0 Å². The predicted octanol–water partition coefficient (Wildman–Crippen LogP) is 2.79. The Morgan fingerprint density at radius 1 is 1.29 bits per heavy atom. The van der Waals surface area contributed by atoms with Crippen molar-refractivity contribution in [1.82, 2.24) is 0 Å². The summed E-state index contributed by atoms with van der Waals surface area (Å²) < 4.78 is 9.52. The fraction of sp³-hybridized carbons (Fsp3) is 0.222. The summed E-state index contributed by atoms with van der Waals surface area (Å²) in [4.78, 5) is 11.3. The van der Waals surface area contributed by atoms with Crippen molar-refractivity contribution in [2.24, 2.45) is 0 Å². The smallest absolute Gasteiger partial charge is 0.341 e. The van der Waals surface area contributed by atoms with Crippen molar-refractivity contribution < 1.29 is 14.3 Å². The first-order valence-electron chi connectivity index (χ1n) is 3.72. The molecule has 0 aliphatic heterocycles. The summed E-state index contributed by atoms with van der Waals surface area (Å²) >= 11 is 11.6. The zero-order chi connectivity index (χ0) is 10.7. The Labute approximate surface area is 91.5 Å². The molecule has 1 aromatic carbocycles. The number of benzene rings is 1. The quantitative estimate of drug-likeness (QED) is 0.739. The molecule has 0 bridgehead atoms. The number of ether oxygens (including phenoxy) is 2. The van der Waals surface area contributed by atoms with Gasteiger partial charge < -0.3 is 9.47 Å². The number of hydrogen-bond donors (Lipinski definition) is 0. The van der Waals surface area contributed by atoms with Gasteiger partial charge in [0.15, 0.2) is 5.75 Å². The molecule has 0 spiro atoms. The summed E-state index contributed by atoms with van der Waals surface area (Å²) in [5, 5.41) is 0.535. The molecule has 0 fully saturated rings. The van der Waals surface area contributed by atoms with E-state index in [4.69, 9.17) is 27.9 Å². The van der Waals surface area contributed by atoms with Crippen LogP contribution in [-0.4, -0.2) is 20.2 Å². The van der Waals surface area contributed by atoms with E-state index in [1.54, 1.807) is 0 Å². The van der Waals surface area contributed by atoms with Crippen molar-refractivity contribution in [3.63, 3.8) is 0 Å². The van der Waals surface area contributed by atoms with E-state index in [9.17, 15) is 4.79 Å². The van der Waals surface area contributed by atoms with E-state index in [-0.39, 0.29) is 16.3 Å². The van der Waals surface area contributed by atoms with E-state index in [1.807, 2.05) is 0 Å². The molecule has 5 heteroatoms. The summed E-state index contributed by atoms with van der Waals surface area (Å²) in [6.07, 6.45) is 0. The van der Waals surface area contributed by atoms with Gasteiger partial charge in [-0.05, 0) is 12.1 Å². The van der Waals surface area contributed by atoms with Crippen molar-refractivity contribution in [3.8, 4) is 5.75 Å². The summed E-state index contributed by atoms with van der Waals surface area (Å²) in [6, 6.07) is 3.01. The Hall–Kier alpha value is -0.930. The second-order valence-corrected chi connectivity index (χ2v) is 3.22. The predicted molar refractivity (Wildman–Crippen MR) is 54.4 cm³/mol. The molecular formula is C9H8Cl2O3. The van der Waals surface area contributed by atoms with E-state index in [2.05, 4.69) is 4.74 Å². The third-order valence-electron chi connectivity index (χ3n) is 1.66. The molecule has 3 nitrogen and oxygen atoms in total. The lowest BCUT2D eigenvalue weighted by Crippen LogP contribution is -2.04. The number of rotatable bonds is 2. The summed E-state index contributed by atoms with van der Waals surface area (Å²) in [5.41, 5.74) is 0.254. The van der Waals surface area contributed by atoms with Gasteiger partial charge in [0.05, 0.1) is 19.2 Å². The van der Waals surface area contributed by atoms with Crippen LogP contribution in [-0.2, 0) is 4.74 Å². The topological polar surface area (TPSA) is 35.5 Å². The Bertz CT molecular complexity index is 363. The van der Waals surface area contributed by atoms with Gasteiger partial charge in [0.25, 0.3) is 0 Å². The van der Waals surface area contributed by atoms with Gasteiger partial charge in [-0.2, -0.15) is 0 Å². The number of esters is 1. The van der Waals surface area contributed by atoms with E-state index >= 15 is 0 Å². The largest absolute Gasteiger partial charge is 0.494 e. The molecule has 0 amide bonds. The van der Waals surface area contributed by atoms with Gasteiger partial charge in [0.1, 0.15) is 10.6 Å². The van der Waals surface area contributed by atoms with Crippen LogP contribution < -0.4 is 4.74 Å². The molecule has 0 N–H and O–H groups in total. The monoisotopic (exact) mass is 234 g/mol. The van der Waals surface area contributed by atoms with Gasteiger partial charge >= 0.3 is 5.97 Å². The first-order valence-corrected chi connectivity index (χ1v) is 4.47. The highest BCUT2D eigenvalue weighted by Crippen LogP contribution is 2.35. The average Bonchev–Trinajstić information content (AvgIpc) is 2.20. The Balaban J connectivity index is 3.31. The van der Waals surface area contributed by atoms with Crippen molar-refractivity contribution >= 4 is 29.2 Å². The molecule has 0 saturated heterocycles. The molecule has 76 valence electrons. The first-order chi connectivity index (χ1) is 6.61. The maximum atomic E-state index is 11.3. The maximum absolute atomic E-state index is 11.3. The number of hydrogen-bond acceptors (Lipinski definition) is 3. The molecule has 0 radical (unpaired) electrons. The lowest BCUT2D eigenvalue weighted by atomic mass is 10.2. The summed E-state index contributed by atoms with van der Waals surface area (Å²) in [6.45, 7) is 0. The number of halogens is 2. The third-order valence-corrected chi connectivity index (χ3v) is 2.45. The molecule has 1 rings (SSSR count). The number of carbonyl (C=O) groups excluding carboxylic acids is 1. The Morgan fingerprint density at radius 2 is 1.93 bits per heavy atom. The van der Waals surface area contributed by atoms with Gasteiger partial charge in [0.2, 0.25) is 0 Å². The SMILES string of the molecule is COC(=O)c1ccc(Cl)c(Cl)c1OC. The van der Waals surface area contributed by atoms with Gasteiger partial charge in [-0.3, -0.25) is 0 Å². The zero-order valence-electron chi connectivity index (χ0n) is 7.64. The molecular weight excluding hydrogens is 227 g/mol. The van der Waals surface area contributed by atoms with Crippen LogP contribution in [0.1, 0.15) is 10.4 Å². The van der Waals surface area contributed by atoms with E-state index in [1.165, 1.54) is 26.4 Å². The van der Waals surface area contributed by atoms with Crippen molar-refractivity contribution in [1.29, 1.82) is 0 Å². The van der Waals surface area contributed by atoms with Crippen molar-refractivity contribution in [2.75, 3.05) is 14.2 Å². The van der Waals surface area contributed by atoms with Crippen molar-refractivity contribution in [2.45, 2.75) is 0 Å². The molecule has 1 aromatic rings. The van der Waals surface area contributed by atoms with Gasteiger partial charge in [0, 0.05) is 0 Å². The molecule has 0 heterocycles. The summed E-state index contributed by atoms with van der Waals surface area (Å²) in [5.74, 6) is -0.286. The molecule has 0 aliphatic rings. The van der Waals surface area contributed by atoms with Crippen LogP contribution in [0.5, 0.6) is 5.75 Å². The van der Waals surface area contributed by atoms with Crippen molar-refractivity contribution in [3.05, 3.63) is 27.7 Å². The minimum atomic E-state index is -0.514. The van der Waals surface area contributed by atoms with Gasteiger partial charge in [-0.15, -0.1) is 0 Å².